The lowest BCUT2D eigenvalue weighted by atomic mass is 10.0. The van der Waals surface area contributed by atoms with E-state index in [-0.39, 0.29) is 0 Å². The van der Waals surface area contributed by atoms with Gasteiger partial charge in [0.05, 0.1) is 5.41 Å². The van der Waals surface area contributed by atoms with Crippen LogP contribution >= 0.6 is 0 Å². The fourth-order valence-corrected chi connectivity index (χ4v) is 2.31. The Morgan fingerprint density at radius 2 is 1.94 bits per heavy atom. The molecule has 0 bridgehead atoms. The van der Waals surface area contributed by atoms with Gasteiger partial charge >= 0.3 is 5.97 Å². The van der Waals surface area contributed by atoms with Gasteiger partial charge in [-0.05, 0) is 31.6 Å². The zero-order chi connectivity index (χ0) is 12.1. The summed E-state index contributed by atoms with van der Waals surface area (Å²) in [7, 11) is 0. The highest BCUT2D eigenvalue weighted by atomic mass is 16.5. The van der Waals surface area contributed by atoms with E-state index in [9.17, 15) is 4.79 Å². The van der Waals surface area contributed by atoms with E-state index in [1.165, 1.54) is 32.1 Å². The Kier molecular flexibility index (Phi) is 4.43. The normalized spacial score (nSPS) is 21.4. The smallest absolute Gasteiger partial charge is 0.309 e. The maximum Gasteiger partial charge on any atom is 0.309 e. The predicted octanol–water partition coefficient (Wildman–Crippen LogP) is 3.23. The highest BCUT2D eigenvalue weighted by Crippen LogP contribution is 2.48. The summed E-state index contributed by atoms with van der Waals surface area (Å²) in [4.78, 5) is 10.9. The van der Waals surface area contributed by atoms with Gasteiger partial charge in [-0.1, -0.05) is 32.1 Å². The summed E-state index contributed by atoms with van der Waals surface area (Å²) in [5.41, 5.74) is -0.411. The molecule has 0 atom stereocenters. The first kappa shape index (κ1) is 12.9. The first-order chi connectivity index (χ1) is 8.23. The van der Waals surface area contributed by atoms with Crippen LogP contribution in [0.4, 0.5) is 0 Å². The predicted molar refractivity (Wildman–Crippen MR) is 65.9 cm³/mol. The van der Waals surface area contributed by atoms with E-state index in [1.54, 1.807) is 0 Å². The van der Waals surface area contributed by atoms with E-state index in [4.69, 9.17) is 9.84 Å². The maximum atomic E-state index is 10.9. The molecule has 0 radical (unpaired) electrons. The molecule has 2 fully saturated rings. The summed E-state index contributed by atoms with van der Waals surface area (Å²) in [6, 6.07) is 0. The van der Waals surface area contributed by atoms with E-state index in [1.807, 2.05) is 0 Å². The number of carbonyl (C=O) groups is 1. The highest BCUT2D eigenvalue weighted by Gasteiger charge is 2.49. The average molecular weight is 240 g/mol. The van der Waals surface area contributed by atoms with Crippen molar-refractivity contribution in [2.75, 3.05) is 13.2 Å². The standard InChI is InChI=1S/C14H24O3/c15-13(16)14(7-8-14)9-11-17-10-3-1-2-4-12-5-6-12/h12H,1-11H2,(H,15,16). The van der Waals surface area contributed by atoms with Crippen molar-refractivity contribution < 1.29 is 14.6 Å². The van der Waals surface area contributed by atoms with Gasteiger partial charge in [-0.15, -0.1) is 0 Å². The van der Waals surface area contributed by atoms with Gasteiger partial charge in [0.25, 0.3) is 0 Å². The SMILES string of the molecule is O=C(O)C1(CCOCCCCCC2CC2)CC1. The van der Waals surface area contributed by atoms with Crippen LogP contribution in [-0.2, 0) is 9.53 Å². The van der Waals surface area contributed by atoms with Crippen LogP contribution in [0.2, 0.25) is 0 Å². The third kappa shape index (κ3) is 4.30. The largest absolute Gasteiger partial charge is 0.481 e. The maximum absolute atomic E-state index is 10.9. The summed E-state index contributed by atoms with van der Waals surface area (Å²) in [6.45, 7) is 1.43. The molecule has 17 heavy (non-hydrogen) atoms. The molecule has 0 aromatic carbocycles. The van der Waals surface area contributed by atoms with Gasteiger partial charge in [-0.3, -0.25) is 4.79 Å². The minimum atomic E-state index is -0.634. The zero-order valence-corrected chi connectivity index (χ0v) is 10.6. The third-order valence-electron chi connectivity index (χ3n) is 4.13. The Bertz CT molecular complexity index is 254. The summed E-state index contributed by atoms with van der Waals surface area (Å²) in [5, 5.41) is 8.98. The van der Waals surface area contributed by atoms with E-state index < -0.39 is 11.4 Å². The molecule has 0 unspecified atom stereocenters. The van der Waals surface area contributed by atoms with Crippen LogP contribution in [-0.4, -0.2) is 24.3 Å². The van der Waals surface area contributed by atoms with Crippen molar-refractivity contribution in [2.45, 2.75) is 57.8 Å². The van der Waals surface area contributed by atoms with Gasteiger partial charge in [0.1, 0.15) is 0 Å². The van der Waals surface area contributed by atoms with E-state index in [2.05, 4.69) is 0 Å². The van der Waals surface area contributed by atoms with Gasteiger partial charge in [-0.25, -0.2) is 0 Å². The number of ether oxygens (including phenoxy) is 1. The minimum Gasteiger partial charge on any atom is -0.481 e. The second kappa shape index (κ2) is 5.85. The molecule has 0 aromatic rings. The van der Waals surface area contributed by atoms with Crippen molar-refractivity contribution in [3.8, 4) is 0 Å². The third-order valence-corrected chi connectivity index (χ3v) is 4.13. The number of unbranched alkanes of at least 4 members (excludes halogenated alkanes) is 2. The molecule has 2 aliphatic carbocycles. The molecular formula is C14H24O3. The monoisotopic (exact) mass is 240 g/mol. The summed E-state index contributed by atoms with van der Waals surface area (Å²) in [5.74, 6) is 0.409. The number of hydrogen-bond acceptors (Lipinski definition) is 2. The second-order valence-corrected chi connectivity index (χ2v) is 5.74. The molecular weight excluding hydrogens is 216 g/mol. The van der Waals surface area contributed by atoms with Gasteiger partial charge in [-0.2, -0.15) is 0 Å². The molecule has 3 heteroatoms. The topological polar surface area (TPSA) is 46.5 Å². The molecule has 0 spiro atoms. The summed E-state index contributed by atoms with van der Waals surface area (Å²) >= 11 is 0. The van der Waals surface area contributed by atoms with Crippen molar-refractivity contribution in [3.05, 3.63) is 0 Å². The average Bonchev–Trinajstić information content (AvgIpc) is 3.15. The number of aliphatic carboxylic acids is 1. The summed E-state index contributed by atoms with van der Waals surface area (Å²) < 4.78 is 5.52. The van der Waals surface area contributed by atoms with Crippen molar-refractivity contribution >= 4 is 5.97 Å². The lowest BCUT2D eigenvalue weighted by molar-refractivity contribution is -0.144. The molecule has 98 valence electrons. The molecule has 3 nitrogen and oxygen atoms in total. The molecule has 0 heterocycles. The van der Waals surface area contributed by atoms with Crippen molar-refractivity contribution in [1.82, 2.24) is 0 Å². The molecule has 2 saturated carbocycles. The van der Waals surface area contributed by atoms with Crippen LogP contribution in [0.1, 0.15) is 57.8 Å². The van der Waals surface area contributed by atoms with E-state index >= 15 is 0 Å². The first-order valence-electron chi connectivity index (χ1n) is 7.04. The molecule has 0 amide bonds. The number of rotatable bonds is 10. The van der Waals surface area contributed by atoms with Crippen molar-refractivity contribution in [2.24, 2.45) is 11.3 Å². The quantitative estimate of drug-likeness (QED) is 0.596. The molecule has 0 aromatic heterocycles. The van der Waals surface area contributed by atoms with Gasteiger partial charge in [0.15, 0.2) is 0 Å². The van der Waals surface area contributed by atoms with E-state index in [0.29, 0.717) is 13.0 Å². The lowest BCUT2D eigenvalue weighted by Gasteiger charge is -2.09. The van der Waals surface area contributed by atoms with Gasteiger partial charge in [0, 0.05) is 13.2 Å². The van der Waals surface area contributed by atoms with Crippen molar-refractivity contribution in [3.63, 3.8) is 0 Å². The second-order valence-electron chi connectivity index (χ2n) is 5.74. The molecule has 1 N–H and O–H groups in total. The molecule has 2 aliphatic rings. The Morgan fingerprint density at radius 1 is 1.18 bits per heavy atom. The highest BCUT2D eigenvalue weighted by molar-refractivity contribution is 5.77. The van der Waals surface area contributed by atoms with E-state index in [0.717, 1.165) is 31.8 Å². The Morgan fingerprint density at radius 3 is 2.53 bits per heavy atom. The van der Waals surface area contributed by atoms with Crippen LogP contribution < -0.4 is 0 Å². The van der Waals surface area contributed by atoms with Crippen LogP contribution in [0.5, 0.6) is 0 Å². The lowest BCUT2D eigenvalue weighted by Crippen LogP contribution is -2.17. The fourth-order valence-electron chi connectivity index (χ4n) is 2.31. The van der Waals surface area contributed by atoms with Gasteiger partial charge < -0.3 is 9.84 Å². The molecule has 0 aliphatic heterocycles. The Balaban J connectivity index is 1.37. The number of carboxylic acid groups (broad SMARTS) is 1. The minimum absolute atomic E-state index is 0.411. The first-order valence-corrected chi connectivity index (χ1v) is 7.04. The van der Waals surface area contributed by atoms with Crippen LogP contribution in [0.3, 0.4) is 0 Å². The number of carboxylic acids is 1. The van der Waals surface area contributed by atoms with Crippen LogP contribution in [0.25, 0.3) is 0 Å². The van der Waals surface area contributed by atoms with Crippen LogP contribution in [0.15, 0.2) is 0 Å². The van der Waals surface area contributed by atoms with Crippen LogP contribution in [0, 0.1) is 11.3 Å². The molecule has 2 rings (SSSR count). The Labute approximate surface area is 104 Å². The summed E-state index contributed by atoms with van der Waals surface area (Å²) in [6.07, 6.45) is 10.4. The number of hydrogen-bond donors (Lipinski definition) is 1. The van der Waals surface area contributed by atoms with Gasteiger partial charge in [0.2, 0.25) is 0 Å². The fraction of sp³-hybridized carbons (Fsp3) is 0.929. The van der Waals surface area contributed by atoms with Crippen molar-refractivity contribution in [1.29, 1.82) is 0 Å². The molecule has 0 saturated heterocycles. The zero-order valence-electron chi connectivity index (χ0n) is 10.6. The Hall–Kier alpha value is -0.570.